The molecule has 0 saturated heterocycles. The van der Waals surface area contributed by atoms with E-state index in [4.69, 9.17) is 21.3 Å². The fourth-order valence-electron chi connectivity index (χ4n) is 4.46. The van der Waals surface area contributed by atoms with Gasteiger partial charge in [0.2, 0.25) is 0 Å². The first kappa shape index (κ1) is 36.0. The number of benzene rings is 1. The lowest BCUT2D eigenvalue weighted by molar-refractivity contribution is -0.119. The predicted molar refractivity (Wildman–Crippen MR) is 163 cm³/mol. The Morgan fingerprint density at radius 2 is 1.58 bits per heavy atom. The Balaban J connectivity index is 1.79. The molecular weight excluding hydrogens is 556 g/mol. The number of unbranched alkanes of at least 4 members (excludes halogenated alkanes) is 4. The number of carbonyl (C=O) groups is 1. The fourth-order valence-corrected chi connectivity index (χ4v) is 4.46. The highest BCUT2D eigenvalue weighted by atomic mass is 16.5. The number of nitrogens with two attached hydrogens (primary N) is 2. The van der Waals surface area contributed by atoms with E-state index in [1.807, 2.05) is 29.2 Å². The number of aliphatic hydroxyl groups is 5. The van der Waals surface area contributed by atoms with Crippen LogP contribution >= 0.6 is 0 Å². The van der Waals surface area contributed by atoms with Crippen molar-refractivity contribution in [1.29, 1.82) is 0 Å². The zero-order chi connectivity index (χ0) is 31.6. The number of hydrogen-bond acceptors (Lipinski definition) is 11. The standard InChI is InChI=1S/C30H48N6O7/c1-2-3-4-7-16-36(19-23(38)27(40)28(41)24(39)20-37)17-18-43-22-11-9-21(10-12-22)8-5-6-13-35-29(31)25-26(30(32)42)34-15-14-33-25/h9-12,14-15,23-24,27-28,37-41H,2-8,13,16-20H2,1H3,(H2,31,35)(H2,32,42)/t23-,24-,27-,28-/m1/s1. The molecule has 0 saturated carbocycles. The number of aryl methyl sites for hydroxylation is 1. The number of amides is 1. The SMILES string of the molecule is CCCCCCN(CCOc1ccc(CCCCN=C(N)c2nccnc2C(N)=O)cc1)C[C@@H](O)[C@@H](O)[C@H](O)[C@H](O)CO. The molecule has 1 aromatic carbocycles. The summed E-state index contributed by atoms with van der Waals surface area (Å²) < 4.78 is 5.92. The van der Waals surface area contributed by atoms with Crippen LogP contribution in [0.4, 0.5) is 0 Å². The van der Waals surface area contributed by atoms with Crippen LogP contribution in [0.2, 0.25) is 0 Å². The number of aromatic nitrogens is 2. The molecule has 0 spiro atoms. The first-order valence-electron chi connectivity index (χ1n) is 14.9. The van der Waals surface area contributed by atoms with Crippen LogP contribution in [-0.2, 0) is 6.42 Å². The quantitative estimate of drug-likeness (QED) is 0.0538. The summed E-state index contributed by atoms with van der Waals surface area (Å²) >= 11 is 0. The van der Waals surface area contributed by atoms with Crippen molar-refractivity contribution in [2.75, 3.05) is 39.4 Å². The van der Waals surface area contributed by atoms with E-state index in [0.717, 1.165) is 50.5 Å². The maximum atomic E-state index is 11.5. The third-order valence-corrected chi connectivity index (χ3v) is 7.03. The lowest BCUT2D eigenvalue weighted by atomic mass is 10.0. The summed E-state index contributed by atoms with van der Waals surface area (Å²) in [6.45, 7) is 3.52. The normalized spacial score (nSPS) is 14.8. The average Bonchev–Trinajstić information content (AvgIpc) is 3.02. The van der Waals surface area contributed by atoms with Gasteiger partial charge >= 0.3 is 0 Å². The smallest absolute Gasteiger partial charge is 0.269 e. The maximum absolute atomic E-state index is 11.5. The van der Waals surface area contributed by atoms with E-state index in [2.05, 4.69) is 21.9 Å². The number of amidine groups is 1. The highest BCUT2D eigenvalue weighted by molar-refractivity contribution is 6.05. The minimum atomic E-state index is -1.65. The highest BCUT2D eigenvalue weighted by Crippen LogP contribution is 2.15. The van der Waals surface area contributed by atoms with E-state index < -0.39 is 36.9 Å². The van der Waals surface area contributed by atoms with Gasteiger partial charge in [0.25, 0.3) is 5.91 Å². The fraction of sp³-hybridized carbons (Fsp3) is 0.600. The number of aliphatic hydroxyl groups excluding tert-OH is 5. The van der Waals surface area contributed by atoms with Crippen molar-refractivity contribution in [3.63, 3.8) is 0 Å². The van der Waals surface area contributed by atoms with Gasteiger partial charge < -0.3 is 41.7 Å². The van der Waals surface area contributed by atoms with E-state index in [1.54, 1.807) is 0 Å². The summed E-state index contributed by atoms with van der Waals surface area (Å²) in [4.78, 5) is 25.7. The molecule has 0 bridgehead atoms. The summed E-state index contributed by atoms with van der Waals surface area (Å²) in [5.74, 6) is 0.134. The molecule has 4 atom stereocenters. The Morgan fingerprint density at radius 1 is 0.907 bits per heavy atom. The van der Waals surface area contributed by atoms with E-state index in [9.17, 15) is 25.2 Å². The van der Waals surface area contributed by atoms with Crippen molar-refractivity contribution in [2.24, 2.45) is 16.5 Å². The Morgan fingerprint density at radius 3 is 2.23 bits per heavy atom. The second-order valence-corrected chi connectivity index (χ2v) is 10.5. The third kappa shape index (κ3) is 12.9. The van der Waals surface area contributed by atoms with Gasteiger partial charge in [-0.2, -0.15) is 0 Å². The van der Waals surface area contributed by atoms with Gasteiger partial charge in [-0.25, -0.2) is 9.97 Å². The Labute approximate surface area is 253 Å². The van der Waals surface area contributed by atoms with Crippen LogP contribution in [0.3, 0.4) is 0 Å². The number of hydrogen-bond donors (Lipinski definition) is 7. The molecule has 13 nitrogen and oxygen atoms in total. The van der Waals surface area contributed by atoms with Crippen molar-refractivity contribution in [3.05, 3.63) is 53.6 Å². The molecule has 0 aliphatic rings. The lowest BCUT2D eigenvalue weighted by Crippen LogP contribution is -2.50. The minimum Gasteiger partial charge on any atom is -0.492 e. The zero-order valence-electron chi connectivity index (χ0n) is 25.0. The number of ether oxygens (including phenoxy) is 1. The molecule has 2 aromatic rings. The van der Waals surface area contributed by atoms with Crippen LogP contribution in [0.5, 0.6) is 5.75 Å². The van der Waals surface area contributed by atoms with Crippen molar-refractivity contribution < 1.29 is 35.1 Å². The number of rotatable bonds is 22. The van der Waals surface area contributed by atoms with Gasteiger partial charge in [-0.1, -0.05) is 38.3 Å². The van der Waals surface area contributed by atoms with Gasteiger partial charge in [0.15, 0.2) is 5.69 Å². The molecule has 0 aliphatic heterocycles. The second kappa shape index (κ2) is 19.9. The molecule has 1 aromatic heterocycles. The van der Waals surface area contributed by atoms with Gasteiger partial charge in [0.05, 0.1) is 12.7 Å². The molecule has 9 N–H and O–H groups in total. The summed E-state index contributed by atoms with van der Waals surface area (Å²) in [6.07, 6.45) is 3.39. The molecule has 0 fully saturated rings. The molecular formula is C30H48N6O7. The first-order valence-corrected chi connectivity index (χ1v) is 14.9. The average molecular weight is 605 g/mol. The molecule has 0 radical (unpaired) electrons. The molecule has 240 valence electrons. The van der Waals surface area contributed by atoms with Gasteiger partial charge in [0, 0.05) is 32.0 Å². The number of primary amides is 1. The monoisotopic (exact) mass is 604 g/mol. The van der Waals surface area contributed by atoms with Crippen LogP contribution in [0, 0.1) is 0 Å². The summed E-state index contributed by atoms with van der Waals surface area (Å²) in [5.41, 5.74) is 12.6. The van der Waals surface area contributed by atoms with Crippen molar-refractivity contribution in [1.82, 2.24) is 14.9 Å². The minimum absolute atomic E-state index is 0.00282. The van der Waals surface area contributed by atoms with Gasteiger partial charge in [-0.05, 0) is 49.9 Å². The number of aliphatic imine (C=N–C) groups is 1. The molecule has 43 heavy (non-hydrogen) atoms. The molecule has 1 amide bonds. The maximum Gasteiger partial charge on any atom is 0.269 e. The van der Waals surface area contributed by atoms with Crippen LogP contribution in [0.15, 0.2) is 41.7 Å². The van der Waals surface area contributed by atoms with E-state index in [-0.39, 0.29) is 23.8 Å². The summed E-state index contributed by atoms with van der Waals surface area (Å²) in [5, 5.41) is 49.2. The first-order chi connectivity index (χ1) is 20.7. The Hall–Kier alpha value is -3.20. The van der Waals surface area contributed by atoms with Crippen LogP contribution in [0.1, 0.15) is 67.2 Å². The van der Waals surface area contributed by atoms with E-state index in [1.165, 1.54) is 12.4 Å². The van der Waals surface area contributed by atoms with Crippen molar-refractivity contribution in [3.8, 4) is 5.75 Å². The van der Waals surface area contributed by atoms with Crippen molar-refractivity contribution >= 4 is 11.7 Å². The largest absolute Gasteiger partial charge is 0.492 e. The molecule has 0 aliphatic carbocycles. The molecule has 0 unspecified atom stereocenters. The molecule has 13 heteroatoms. The second-order valence-electron chi connectivity index (χ2n) is 10.5. The number of nitrogens with zero attached hydrogens (tertiary/aromatic N) is 4. The van der Waals surface area contributed by atoms with Crippen molar-refractivity contribution in [2.45, 2.75) is 76.3 Å². The third-order valence-electron chi connectivity index (χ3n) is 7.03. The van der Waals surface area contributed by atoms with E-state index >= 15 is 0 Å². The Bertz CT molecular complexity index is 1100. The van der Waals surface area contributed by atoms with Crippen LogP contribution < -0.4 is 16.2 Å². The topological polar surface area (TPSA) is 221 Å². The van der Waals surface area contributed by atoms with Gasteiger partial charge in [-0.3, -0.25) is 14.7 Å². The Kier molecular flexibility index (Phi) is 16.6. The zero-order valence-corrected chi connectivity index (χ0v) is 25.0. The highest BCUT2D eigenvalue weighted by Gasteiger charge is 2.31. The van der Waals surface area contributed by atoms with Crippen LogP contribution in [0.25, 0.3) is 0 Å². The summed E-state index contributed by atoms with van der Waals surface area (Å²) in [7, 11) is 0. The number of carbonyl (C=O) groups excluding carboxylic acids is 1. The van der Waals surface area contributed by atoms with Gasteiger partial charge in [-0.15, -0.1) is 0 Å². The summed E-state index contributed by atoms with van der Waals surface area (Å²) in [6, 6.07) is 7.81. The molecule has 1 heterocycles. The van der Waals surface area contributed by atoms with Crippen LogP contribution in [-0.4, -0.2) is 116 Å². The predicted octanol–water partition coefficient (Wildman–Crippen LogP) is 0.000700. The lowest BCUT2D eigenvalue weighted by Gasteiger charge is -2.30. The van der Waals surface area contributed by atoms with Gasteiger partial charge in [0.1, 0.15) is 42.2 Å². The van der Waals surface area contributed by atoms with E-state index in [0.29, 0.717) is 32.0 Å². The molecule has 2 rings (SSSR count).